The third-order valence-corrected chi connectivity index (χ3v) is 5.78. The maximum atomic E-state index is 4.64. The minimum Gasteiger partial charge on any atom is -0.274 e. The topological polar surface area (TPSA) is 30.2 Å². The lowest BCUT2D eigenvalue weighted by Crippen LogP contribution is -1.94. The number of para-hydroxylation sites is 1. The third kappa shape index (κ3) is 2.52. The van der Waals surface area contributed by atoms with Crippen molar-refractivity contribution in [1.82, 2.24) is 14.6 Å². The second-order valence-corrected chi connectivity index (χ2v) is 7.69. The number of rotatable bonds is 2. The molecule has 0 unspecified atom stereocenters. The van der Waals surface area contributed by atoms with E-state index in [4.69, 9.17) is 0 Å². The Morgan fingerprint density at radius 1 is 0.567 bits per heavy atom. The zero-order valence-corrected chi connectivity index (χ0v) is 16.6. The Morgan fingerprint density at radius 2 is 1.30 bits per heavy atom. The van der Waals surface area contributed by atoms with Crippen LogP contribution in [0.15, 0.2) is 97.1 Å². The van der Waals surface area contributed by atoms with E-state index in [1.165, 1.54) is 27.5 Å². The summed E-state index contributed by atoms with van der Waals surface area (Å²) in [6.45, 7) is 2.10. The number of benzene rings is 4. The SMILES string of the molecule is Cc1ccc(-c2nnc3c4cc(-c5ccccc5)ccc4c4ccccc4n23)cc1. The second-order valence-electron chi connectivity index (χ2n) is 7.69. The molecule has 0 saturated carbocycles. The summed E-state index contributed by atoms with van der Waals surface area (Å²) in [5, 5.41) is 12.8. The summed E-state index contributed by atoms with van der Waals surface area (Å²) in [5.41, 5.74) is 6.68. The lowest BCUT2D eigenvalue weighted by Gasteiger charge is -2.11. The zero-order chi connectivity index (χ0) is 20.1. The zero-order valence-electron chi connectivity index (χ0n) is 16.6. The fourth-order valence-corrected chi connectivity index (χ4v) is 4.25. The molecule has 2 aromatic heterocycles. The predicted molar refractivity (Wildman–Crippen MR) is 124 cm³/mol. The number of fused-ring (bicyclic) bond motifs is 6. The van der Waals surface area contributed by atoms with Gasteiger partial charge in [-0.15, -0.1) is 10.2 Å². The molecule has 142 valence electrons. The van der Waals surface area contributed by atoms with Crippen LogP contribution in [0, 0.1) is 6.92 Å². The van der Waals surface area contributed by atoms with E-state index in [0.717, 1.165) is 27.9 Å². The average Bonchev–Trinajstić information content (AvgIpc) is 3.26. The number of hydrogen-bond acceptors (Lipinski definition) is 2. The van der Waals surface area contributed by atoms with Crippen LogP contribution in [-0.4, -0.2) is 14.6 Å². The highest BCUT2D eigenvalue weighted by Gasteiger charge is 2.16. The van der Waals surface area contributed by atoms with Crippen molar-refractivity contribution >= 4 is 27.3 Å². The Kier molecular flexibility index (Phi) is 3.68. The van der Waals surface area contributed by atoms with Crippen LogP contribution in [0.2, 0.25) is 0 Å². The van der Waals surface area contributed by atoms with Gasteiger partial charge in [0.15, 0.2) is 11.5 Å². The van der Waals surface area contributed by atoms with E-state index in [0.29, 0.717) is 0 Å². The third-order valence-electron chi connectivity index (χ3n) is 5.78. The molecule has 6 aromatic rings. The highest BCUT2D eigenvalue weighted by atomic mass is 15.2. The van der Waals surface area contributed by atoms with E-state index in [1.807, 2.05) is 6.07 Å². The molecule has 0 aliphatic carbocycles. The molecule has 30 heavy (non-hydrogen) atoms. The van der Waals surface area contributed by atoms with E-state index in [-0.39, 0.29) is 0 Å². The van der Waals surface area contributed by atoms with Crippen molar-refractivity contribution in [3.05, 3.63) is 103 Å². The van der Waals surface area contributed by atoms with Gasteiger partial charge in [0, 0.05) is 16.3 Å². The standard InChI is InChI=1S/C27H19N3/c1-18-11-13-20(14-12-18)26-28-29-27-24-17-21(19-7-3-2-4-8-19)15-16-22(24)23-9-5-6-10-25(23)30(26)27/h2-17H,1H3. The molecule has 3 heteroatoms. The van der Waals surface area contributed by atoms with Gasteiger partial charge >= 0.3 is 0 Å². The van der Waals surface area contributed by atoms with Gasteiger partial charge in [-0.25, -0.2) is 0 Å². The van der Waals surface area contributed by atoms with Crippen LogP contribution >= 0.6 is 0 Å². The van der Waals surface area contributed by atoms with Crippen molar-refractivity contribution in [2.45, 2.75) is 6.92 Å². The quantitative estimate of drug-likeness (QED) is 0.311. The van der Waals surface area contributed by atoms with Crippen LogP contribution in [-0.2, 0) is 0 Å². The van der Waals surface area contributed by atoms with Gasteiger partial charge in [0.25, 0.3) is 0 Å². The van der Waals surface area contributed by atoms with E-state index in [1.54, 1.807) is 0 Å². The molecule has 6 rings (SSSR count). The minimum absolute atomic E-state index is 0.869. The summed E-state index contributed by atoms with van der Waals surface area (Å²) in [6.07, 6.45) is 0. The van der Waals surface area contributed by atoms with E-state index < -0.39 is 0 Å². The van der Waals surface area contributed by atoms with Crippen molar-refractivity contribution in [1.29, 1.82) is 0 Å². The molecular weight excluding hydrogens is 366 g/mol. The first kappa shape index (κ1) is 16.9. The maximum absolute atomic E-state index is 4.64. The van der Waals surface area contributed by atoms with Gasteiger partial charge in [-0.05, 0) is 35.6 Å². The van der Waals surface area contributed by atoms with E-state index in [2.05, 4.69) is 113 Å². The summed E-state index contributed by atoms with van der Waals surface area (Å²) in [6, 6.07) is 34.1. The highest BCUT2D eigenvalue weighted by molar-refractivity contribution is 6.13. The molecule has 0 spiro atoms. The Hall–Kier alpha value is -3.98. The van der Waals surface area contributed by atoms with Gasteiger partial charge in [0.2, 0.25) is 0 Å². The molecule has 0 radical (unpaired) electrons. The monoisotopic (exact) mass is 385 g/mol. The smallest absolute Gasteiger partial charge is 0.169 e. The lowest BCUT2D eigenvalue weighted by molar-refractivity contribution is 1.12. The minimum atomic E-state index is 0.869. The molecule has 3 nitrogen and oxygen atoms in total. The Labute approximate surface area is 174 Å². The van der Waals surface area contributed by atoms with Crippen LogP contribution in [0.5, 0.6) is 0 Å². The van der Waals surface area contributed by atoms with Crippen LogP contribution in [0.3, 0.4) is 0 Å². The maximum Gasteiger partial charge on any atom is 0.169 e. The number of pyridine rings is 1. The molecular formula is C27H19N3. The summed E-state index contributed by atoms with van der Waals surface area (Å²) in [7, 11) is 0. The van der Waals surface area contributed by atoms with Crippen LogP contribution < -0.4 is 0 Å². The van der Waals surface area contributed by atoms with Gasteiger partial charge in [-0.3, -0.25) is 4.40 Å². The number of aryl methyl sites for hydroxylation is 1. The largest absolute Gasteiger partial charge is 0.274 e. The van der Waals surface area contributed by atoms with Gasteiger partial charge in [0.1, 0.15) is 0 Å². The first-order valence-corrected chi connectivity index (χ1v) is 10.1. The molecule has 0 fully saturated rings. The average molecular weight is 385 g/mol. The summed E-state index contributed by atoms with van der Waals surface area (Å²) >= 11 is 0. The molecule has 0 N–H and O–H groups in total. The molecule has 4 aromatic carbocycles. The first-order chi connectivity index (χ1) is 14.8. The van der Waals surface area contributed by atoms with Gasteiger partial charge in [-0.1, -0.05) is 90.5 Å². The highest BCUT2D eigenvalue weighted by Crippen LogP contribution is 2.34. The van der Waals surface area contributed by atoms with Crippen LogP contribution in [0.1, 0.15) is 5.56 Å². The molecule has 0 amide bonds. The molecule has 0 aliphatic rings. The fourth-order valence-electron chi connectivity index (χ4n) is 4.25. The Balaban J connectivity index is 1.73. The van der Waals surface area contributed by atoms with Gasteiger partial charge < -0.3 is 0 Å². The molecule has 0 aliphatic heterocycles. The molecule has 0 bridgehead atoms. The second kappa shape index (κ2) is 6.53. The van der Waals surface area contributed by atoms with Crippen molar-refractivity contribution in [2.24, 2.45) is 0 Å². The summed E-state index contributed by atoms with van der Waals surface area (Å²) in [4.78, 5) is 0. The normalized spacial score (nSPS) is 11.5. The number of nitrogens with zero attached hydrogens (tertiary/aromatic N) is 3. The predicted octanol–water partition coefficient (Wildman–Crippen LogP) is 6.68. The van der Waals surface area contributed by atoms with Crippen LogP contribution in [0.25, 0.3) is 49.8 Å². The first-order valence-electron chi connectivity index (χ1n) is 10.1. The van der Waals surface area contributed by atoms with E-state index in [9.17, 15) is 0 Å². The van der Waals surface area contributed by atoms with Crippen molar-refractivity contribution in [3.8, 4) is 22.5 Å². The summed E-state index contributed by atoms with van der Waals surface area (Å²) in [5.74, 6) is 0.869. The number of hydrogen-bond donors (Lipinski definition) is 0. The Morgan fingerprint density at radius 3 is 2.13 bits per heavy atom. The van der Waals surface area contributed by atoms with Crippen LogP contribution in [0.4, 0.5) is 0 Å². The lowest BCUT2D eigenvalue weighted by atomic mass is 9.99. The van der Waals surface area contributed by atoms with Crippen molar-refractivity contribution < 1.29 is 0 Å². The molecule has 0 saturated heterocycles. The molecule has 0 atom stereocenters. The van der Waals surface area contributed by atoms with Gasteiger partial charge in [0.05, 0.1) is 5.52 Å². The Bertz CT molecular complexity index is 1530. The molecule has 2 heterocycles. The number of aromatic nitrogens is 3. The summed E-state index contributed by atoms with van der Waals surface area (Å²) < 4.78 is 2.19. The van der Waals surface area contributed by atoms with Gasteiger partial charge in [-0.2, -0.15) is 0 Å². The fraction of sp³-hybridized carbons (Fsp3) is 0.0370. The van der Waals surface area contributed by atoms with Crippen molar-refractivity contribution in [2.75, 3.05) is 0 Å². The van der Waals surface area contributed by atoms with E-state index >= 15 is 0 Å². The van der Waals surface area contributed by atoms with Crippen molar-refractivity contribution in [3.63, 3.8) is 0 Å².